The van der Waals surface area contributed by atoms with Crippen molar-refractivity contribution in [3.8, 4) is 23.3 Å². The molecule has 3 rings (SSSR count). The second-order valence-electron chi connectivity index (χ2n) is 7.05. The summed E-state index contributed by atoms with van der Waals surface area (Å²) in [7, 11) is -1.52. The molecule has 0 aliphatic heterocycles. The molecule has 36 heavy (non-hydrogen) atoms. The highest BCUT2D eigenvalue weighted by Crippen LogP contribution is 2.32. The highest BCUT2D eigenvalue weighted by Gasteiger charge is 2.21. The number of nitro groups is 1. The van der Waals surface area contributed by atoms with Crippen molar-refractivity contribution in [2.24, 2.45) is 0 Å². The van der Waals surface area contributed by atoms with Crippen molar-refractivity contribution in [2.75, 3.05) is 19.5 Å². The molecular formula is C24H19N3O8S. The van der Waals surface area contributed by atoms with E-state index >= 15 is 0 Å². The maximum atomic E-state index is 12.6. The fourth-order valence-corrected chi connectivity index (χ4v) is 3.87. The van der Waals surface area contributed by atoms with Crippen LogP contribution in [0.25, 0.3) is 6.08 Å². The molecule has 1 N–H and O–H groups in total. The molecule has 0 aliphatic carbocycles. The van der Waals surface area contributed by atoms with Crippen LogP contribution in [0.4, 0.5) is 11.4 Å². The first-order chi connectivity index (χ1) is 17.2. The number of hydrogen-bond donors (Lipinski definition) is 1. The average molecular weight is 509 g/mol. The molecule has 0 bridgehead atoms. The van der Waals surface area contributed by atoms with Crippen molar-refractivity contribution in [2.45, 2.75) is 4.90 Å². The number of nitriles is 1. The number of nitro benzene ring substituents is 1. The number of hydrogen-bond acceptors (Lipinski definition) is 9. The molecule has 0 radical (unpaired) electrons. The van der Waals surface area contributed by atoms with Crippen LogP contribution in [-0.2, 0) is 14.9 Å². The summed E-state index contributed by atoms with van der Waals surface area (Å²) >= 11 is 0. The second kappa shape index (κ2) is 11.0. The third-order valence-electron chi connectivity index (χ3n) is 4.75. The summed E-state index contributed by atoms with van der Waals surface area (Å²) in [6.07, 6.45) is 1.30. The van der Waals surface area contributed by atoms with Crippen molar-refractivity contribution < 1.29 is 31.8 Å². The van der Waals surface area contributed by atoms with Crippen molar-refractivity contribution in [1.82, 2.24) is 0 Å². The summed E-state index contributed by atoms with van der Waals surface area (Å²) in [4.78, 5) is 22.4. The van der Waals surface area contributed by atoms with Gasteiger partial charge in [0.1, 0.15) is 22.3 Å². The molecule has 184 valence electrons. The summed E-state index contributed by atoms with van der Waals surface area (Å²) in [6, 6.07) is 16.7. The van der Waals surface area contributed by atoms with E-state index in [-0.39, 0.29) is 27.7 Å². The van der Waals surface area contributed by atoms with E-state index in [1.165, 1.54) is 38.5 Å². The Hall–Kier alpha value is -4.89. The van der Waals surface area contributed by atoms with Gasteiger partial charge in [-0.25, -0.2) is 0 Å². The predicted octanol–water partition coefficient (Wildman–Crippen LogP) is 3.93. The van der Waals surface area contributed by atoms with Crippen LogP contribution < -0.4 is 19.0 Å². The minimum atomic E-state index is -4.33. The summed E-state index contributed by atoms with van der Waals surface area (Å²) < 4.78 is 40.6. The number of nitrogens with one attached hydrogen (secondary N) is 1. The maximum Gasteiger partial charge on any atom is 0.339 e. The van der Waals surface area contributed by atoms with E-state index in [2.05, 4.69) is 5.32 Å². The predicted molar refractivity (Wildman–Crippen MR) is 129 cm³/mol. The molecule has 0 spiro atoms. The average Bonchev–Trinajstić information content (AvgIpc) is 2.88. The van der Waals surface area contributed by atoms with Gasteiger partial charge in [0, 0.05) is 17.8 Å². The lowest BCUT2D eigenvalue weighted by molar-refractivity contribution is -0.384. The molecule has 0 atom stereocenters. The number of carbonyl (C=O) groups excluding carboxylic acids is 1. The zero-order valence-electron chi connectivity index (χ0n) is 19.0. The highest BCUT2D eigenvalue weighted by atomic mass is 32.2. The normalized spacial score (nSPS) is 11.2. The molecule has 0 unspecified atom stereocenters. The second-order valence-corrected chi connectivity index (χ2v) is 8.60. The van der Waals surface area contributed by atoms with Gasteiger partial charge in [-0.1, -0.05) is 6.07 Å². The number of benzene rings is 3. The molecule has 3 aromatic rings. The van der Waals surface area contributed by atoms with Gasteiger partial charge in [-0.05, 0) is 60.2 Å². The fraction of sp³-hybridized carbons (Fsp3) is 0.0833. The van der Waals surface area contributed by atoms with Gasteiger partial charge in [0.2, 0.25) is 0 Å². The van der Waals surface area contributed by atoms with E-state index in [1.54, 1.807) is 24.3 Å². The molecule has 0 aromatic heterocycles. The zero-order chi connectivity index (χ0) is 26.3. The monoisotopic (exact) mass is 509 g/mol. The van der Waals surface area contributed by atoms with Crippen molar-refractivity contribution in [1.29, 1.82) is 5.26 Å². The lowest BCUT2D eigenvalue weighted by Gasteiger charge is -2.11. The first kappa shape index (κ1) is 25.7. The molecule has 1 amide bonds. The Morgan fingerprint density at radius 2 is 1.67 bits per heavy atom. The number of methoxy groups -OCH3 is 2. The van der Waals surface area contributed by atoms with Crippen LogP contribution in [0.1, 0.15) is 5.56 Å². The molecule has 12 heteroatoms. The lowest BCUT2D eigenvalue weighted by atomic mass is 10.1. The van der Waals surface area contributed by atoms with E-state index in [0.29, 0.717) is 17.0 Å². The molecular weight excluding hydrogens is 490 g/mol. The smallest absolute Gasteiger partial charge is 0.339 e. The van der Waals surface area contributed by atoms with Crippen LogP contribution in [0.5, 0.6) is 17.2 Å². The number of carbonyl (C=O) groups is 1. The number of amides is 1. The van der Waals surface area contributed by atoms with Crippen LogP contribution in [0.2, 0.25) is 0 Å². The number of nitrogens with zero attached hydrogens (tertiary/aromatic N) is 2. The first-order valence-corrected chi connectivity index (χ1v) is 11.5. The Bertz CT molecular complexity index is 1460. The van der Waals surface area contributed by atoms with Crippen molar-refractivity contribution in [3.63, 3.8) is 0 Å². The van der Waals surface area contributed by atoms with Crippen molar-refractivity contribution >= 4 is 33.5 Å². The number of anilines is 1. The number of rotatable bonds is 9. The Kier molecular flexibility index (Phi) is 7.88. The SMILES string of the molecule is COc1ccc(NC(=O)/C(C#N)=C/c2ccc(OS(=O)(=O)c3ccc([N+](=O)[O-])cc3)c(OC)c2)cc1. The molecule has 11 nitrogen and oxygen atoms in total. The van der Waals surface area contributed by atoms with Gasteiger partial charge < -0.3 is 19.0 Å². The molecule has 0 heterocycles. The van der Waals surface area contributed by atoms with Crippen LogP contribution in [0, 0.1) is 21.4 Å². The van der Waals surface area contributed by atoms with Gasteiger partial charge in [-0.3, -0.25) is 14.9 Å². The molecule has 0 saturated carbocycles. The van der Waals surface area contributed by atoms with E-state index < -0.39 is 20.9 Å². The fourth-order valence-electron chi connectivity index (χ4n) is 2.93. The maximum absolute atomic E-state index is 12.6. The highest BCUT2D eigenvalue weighted by molar-refractivity contribution is 7.87. The Morgan fingerprint density at radius 1 is 1.00 bits per heavy atom. The summed E-state index contributed by atoms with van der Waals surface area (Å²) in [6.45, 7) is 0. The lowest BCUT2D eigenvalue weighted by Crippen LogP contribution is -2.13. The standard InChI is InChI=1S/C24H19N3O8S/c1-33-20-8-4-18(5-9-20)26-24(28)17(15-25)13-16-3-12-22(23(14-16)34-2)35-36(31,32)21-10-6-19(7-11-21)27(29)30/h3-14H,1-2H3,(H,26,28)/b17-13+. The van der Waals surface area contributed by atoms with Gasteiger partial charge in [0.25, 0.3) is 11.6 Å². The minimum Gasteiger partial charge on any atom is -0.497 e. The largest absolute Gasteiger partial charge is 0.497 e. The quantitative estimate of drug-likeness (QED) is 0.148. The van der Waals surface area contributed by atoms with E-state index in [9.17, 15) is 28.6 Å². The van der Waals surface area contributed by atoms with E-state index in [1.807, 2.05) is 6.07 Å². The van der Waals surface area contributed by atoms with Crippen LogP contribution in [0.15, 0.2) is 77.2 Å². The topological polar surface area (TPSA) is 158 Å². The third-order valence-corrected chi connectivity index (χ3v) is 6.00. The third kappa shape index (κ3) is 6.16. The minimum absolute atomic E-state index is 0.0158. The summed E-state index contributed by atoms with van der Waals surface area (Å²) in [5.41, 5.74) is 0.347. The van der Waals surface area contributed by atoms with Crippen LogP contribution in [-0.4, -0.2) is 33.5 Å². The van der Waals surface area contributed by atoms with E-state index in [4.69, 9.17) is 13.7 Å². The summed E-state index contributed by atoms with van der Waals surface area (Å²) in [5.74, 6) is -0.187. The van der Waals surface area contributed by atoms with Crippen LogP contribution >= 0.6 is 0 Å². The Morgan fingerprint density at radius 3 is 2.22 bits per heavy atom. The van der Waals surface area contributed by atoms with Gasteiger partial charge in [-0.15, -0.1) is 0 Å². The van der Waals surface area contributed by atoms with Gasteiger partial charge >= 0.3 is 10.1 Å². The Labute approximate surface area is 206 Å². The zero-order valence-corrected chi connectivity index (χ0v) is 19.8. The van der Waals surface area contributed by atoms with Crippen molar-refractivity contribution in [3.05, 3.63) is 88.0 Å². The molecule has 0 saturated heterocycles. The number of ether oxygens (including phenoxy) is 2. The van der Waals surface area contributed by atoms with Gasteiger partial charge in [-0.2, -0.15) is 13.7 Å². The van der Waals surface area contributed by atoms with Crippen LogP contribution in [0.3, 0.4) is 0 Å². The molecule has 3 aromatic carbocycles. The first-order valence-electron chi connectivity index (χ1n) is 10.1. The number of non-ortho nitro benzene ring substituents is 1. The molecule has 0 fully saturated rings. The van der Waals surface area contributed by atoms with E-state index in [0.717, 1.165) is 24.3 Å². The summed E-state index contributed by atoms with van der Waals surface area (Å²) in [5, 5.41) is 22.8. The molecule has 0 aliphatic rings. The van der Waals surface area contributed by atoms with Gasteiger partial charge in [0.05, 0.1) is 19.1 Å². The van der Waals surface area contributed by atoms with Gasteiger partial charge in [0.15, 0.2) is 11.5 Å². The Balaban J connectivity index is 1.81.